The van der Waals surface area contributed by atoms with Crippen LogP contribution in [0.15, 0.2) is 71.6 Å². The third-order valence-electron chi connectivity index (χ3n) is 5.25. The van der Waals surface area contributed by atoms with E-state index in [2.05, 4.69) is 9.62 Å². The number of ether oxygens (including phenoxy) is 1. The van der Waals surface area contributed by atoms with Crippen LogP contribution in [-0.4, -0.2) is 40.8 Å². The number of anilines is 1. The topological polar surface area (TPSA) is 73.3 Å². The third-order valence-corrected chi connectivity index (χ3v) is 6.41. The van der Waals surface area contributed by atoms with Gasteiger partial charge in [-0.15, -0.1) is 4.72 Å². The average Bonchev–Trinajstić information content (AvgIpc) is 2.82. The van der Waals surface area contributed by atoms with Crippen LogP contribution in [-0.2, 0) is 22.6 Å². The van der Waals surface area contributed by atoms with Gasteiger partial charge in [-0.3, -0.25) is 0 Å². The molecule has 0 saturated carbocycles. The second kappa shape index (κ2) is 8.57. The molecule has 30 heavy (non-hydrogen) atoms. The molecule has 1 aliphatic heterocycles. The van der Waals surface area contributed by atoms with E-state index in [4.69, 9.17) is 14.7 Å². The molecule has 1 aromatic heterocycles. The van der Waals surface area contributed by atoms with Gasteiger partial charge in [-0.1, -0.05) is 42.5 Å². The molecule has 1 unspecified atom stereocenters. The number of fused-ring (bicyclic) bond motifs is 2. The summed E-state index contributed by atoms with van der Waals surface area (Å²) in [4.78, 5) is 12.5. The summed E-state index contributed by atoms with van der Waals surface area (Å²) in [6, 6.07) is 21.8. The Morgan fingerprint density at radius 3 is 2.50 bits per heavy atom. The van der Waals surface area contributed by atoms with Crippen LogP contribution in [0.4, 0.5) is 5.82 Å². The van der Waals surface area contributed by atoms with Crippen molar-refractivity contribution in [2.75, 3.05) is 31.2 Å². The third kappa shape index (κ3) is 3.85. The summed E-state index contributed by atoms with van der Waals surface area (Å²) in [5.74, 6) is 1.54. The van der Waals surface area contributed by atoms with Crippen LogP contribution < -0.4 is 9.62 Å². The fourth-order valence-corrected chi connectivity index (χ4v) is 4.77. The lowest BCUT2D eigenvalue weighted by Gasteiger charge is -2.29. The zero-order valence-electron chi connectivity index (χ0n) is 16.5. The van der Waals surface area contributed by atoms with Gasteiger partial charge in [0.25, 0.3) is 0 Å². The van der Waals surface area contributed by atoms with Gasteiger partial charge >= 0.3 is 0 Å². The Morgan fingerprint density at radius 2 is 1.63 bits per heavy atom. The lowest BCUT2D eigenvalue weighted by atomic mass is 10.1. The van der Waals surface area contributed by atoms with Crippen LogP contribution >= 0.6 is 0 Å². The summed E-state index contributed by atoms with van der Waals surface area (Å²) < 4.78 is 21.6. The SMILES string of the molecule is [O-][S+](NCc1nc(N2CCOCC2)c2ccccc2n1)c1cccc2ccccc12. The molecule has 3 aromatic carbocycles. The number of nitrogens with zero attached hydrogens (tertiary/aromatic N) is 3. The Morgan fingerprint density at radius 1 is 0.900 bits per heavy atom. The highest BCUT2D eigenvalue weighted by Crippen LogP contribution is 2.25. The van der Waals surface area contributed by atoms with Crippen molar-refractivity contribution in [3.8, 4) is 0 Å². The van der Waals surface area contributed by atoms with Crippen molar-refractivity contribution in [1.29, 1.82) is 0 Å². The van der Waals surface area contributed by atoms with E-state index in [-0.39, 0.29) is 0 Å². The van der Waals surface area contributed by atoms with Crippen molar-refractivity contribution in [2.24, 2.45) is 0 Å². The Kier molecular flexibility index (Phi) is 5.50. The summed E-state index contributed by atoms with van der Waals surface area (Å²) in [7, 11) is 0. The van der Waals surface area contributed by atoms with Crippen LogP contribution in [0.3, 0.4) is 0 Å². The summed E-state index contributed by atoms with van der Waals surface area (Å²) in [5.41, 5.74) is 0.890. The van der Waals surface area contributed by atoms with E-state index in [9.17, 15) is 4.55 Å². The van der Waals surface area contributed by atoms with Crippen molar-refractivity contribution in [1.82, 2.24) is 14.7 Å². The predicted molar refractivity (Wildman–Crippen MR) is 120 cm³/mol. The smallest absolute Gasteiger partial charge is 0.181 e. The number of benzene rings is 3. The number of aromatic nitrogens is 2. The molecule has 6 nitrogen and oxygen atoms in total. The fraction of sp³-hybridized carbons (Fsp3) is 0.217. The van der Waals surface area contributed by atoms with Crippen LogP contribution in [0.5, 0.6) is 0 Å². The van der Waals surface area contributed by atoms with E-state index >= 15 is 0 Å². The molecule has 7 heteroatoms. The molecule has 1 N–H and O–H groups in total. The van der Waals surface area contributed by atoms with Crippen LogP contribution in [0.1, 0.15) is 5.82 Å². The number of rotatable bonds is 5. The lowest BCUT2D eigenvalue weighted by molar-refractivity contribution is 0.122. The van der Waals surface area contributed by atoms with Gasteiger partial charge in [-0.25, -0.2) is 9.97 Å². The summed E-state index contributed by atoms with van der Waals surface area (Å²) in [6.07, 6.45) is 0. The average molecular weight is 419 g/mol. The molecular formula is C23H22N4O2S. The van der Waals surface area contributed by atoms with Gasteiger partial charge in [0.05, 0.1) is 30.1 Å². The summed E-state index contributed by atoms with van der Waals surface area (Å²) >= 11 is -1.37. The summed E-state index contributed by atoms with van der Waals surface area (Å²) in [6.45, 7) is 3.30. The highest BCUT2D eigenvalue weighted by molar-refractivity contribution is 7.89. The Hall–Kier alpha value is -2.71. The number of hydrogen-bond acceptors (Lipinski definition) is 6. The van der Waals surface area contributed by atoms with Gasteiger partial charge in [0.15, 0.2) is 4.90 Å². The molecule has 1 aliphatic rings. The zero-order valence-corrected chi connectivity index (χ0v) is 17.3. The minimum Gasteiger partial charge on any atom is -0.593 e. The molecule has 0 aliphatic carbocycles. The molecule has 1 saturated heterocycles. The molecule has 0 amide bonds. The maximum Gasteiger partial charge on any atom is 0.181 e. The minimum absolute atomic E-state index is 0.317. The first-order valence-corrected chi connectivity index (χ1v) is 11.2. The second-order valence-electron chi connectivity index (χ2n) is 7.15. The maximum absolute atomic E-state index is 13.0. The van der Waals surface area contributed by atoms with Crippen molar-refractivity contribution in [3.63, 3.8) is 0 Å². The molecule has 1 atom stereocenters. The monoisotopic (exact) mass is 418 g/mol. The maximum atomic E-state index is 13.0. The van der Waals surface area contributed by atoms with Crippen molar-refractivity contribution in [2.45, 2.75) is 11.4 Å². The van der Waals surface area contributed by atoms with Crippen molar-refractivity contribution >= 4 is 38.9 Å². The Balaban J connectivity index is 1.42. The first-order chi connectivity index (χ1) is 14.8. The Labute approximate surface area is 178 Å². The van der Waals surface area contributed by atoms with Gasteiger partial charge in [0.2, 0.25) is 0 Å². The van der Waals surface area contributed by atoms with Crippen LogP contribution in [0, 0.1) is 0 Å². The molecule has 0 bridgehead atoms. The first kappa shape index (κ1) is 19.3. The first-order valence-electron chi connectivity index (χ1n) is 10.0. The van der Waals surface area contributed by atoms with Crippen LogP contribution in [0.25, 0.3) is 21.7 Å². The van der Waals surface area contributed by atoms with Crippen molar-refractivity contribution in [3.05, 3.63) is 72.6 Å². The lowest BCUT2D eigenvalue weighted by Crippen LogP contribution is -2.37. The molecule has 5 rings (SSSR count). The highest BCUT2D eigenvalue weighted by atomic mass is 32.2. The number of hydrogen-bond donors (Lipinski definition) is 1. The highest BCUT2D eigenvalue weighted by Gasteiger charge is 2.19. The van der Waals surface area contributed by atoms with E-state index in [1.54, 1.807) is 0 Å². The molecule has 2 heterocycles. The van der Waals surface area contributed by atoms with E-state index < -0.39 is 11.4 Å². The van der Waals surface area contributed by atoms with Gasteiger partial charge in [0.1, 0.15) is 18.2 Å². The zero-order chi connectivity index (χ0) is 20.3. The van der Waals surface area contributed by atoms with Gasteiger partial charge in [0, 0.05) is 23.9 Å². The summed E-state index contributed by atoms with van der Waals surface area (Å²) in [5, 5.41) is 3.08. The van der Waals surface area contributed by atoms with Gasteiger partial charge < -0.3 is 14.2 Å². The molecule has 1 fully saturated rings. The van der Waals surface area contributed by atoms with E-state index in [1.807, 2.05) is 66.7 Å². The van der Waals surface area contributed by atoms with Crippen LogP contribution in [0.2, 0.25) is 0 Å². The Bertz CT molecular complexity index is 1170. The molecular weight excluding hydrogens is 396 g/mol. The standard InChI is InChI=1S/C23H22N4O2S/c28-30(21-11-5-7-17-6-1-2-8-18(17)21)24-16-22-25-20-10-4-3-9-19(20)23(26-22)27-12-14-29-15-13-27/h1-11,24H,12-16H2. The minimum atomic E-state index is -1.37. The molecule has 0 radical (unpaired) electrons. The predicted octanol–water partition coefficient (Wildman–Crippen LogP) is 3.43. The van der Waals surface area contributed by atoms with Crippen molar-refractivity contribution < 1.29 is 9.29 Å². The fourth-order valence-electron chi connectivity index (χ4n) is 3.77. The second-order valence-corrected chi connectivity index (χ2v) is 8.41. The number of nitrogens with one attached hydrogen (secondary N) is 1. The molecule has 152 valence electrons. The van der Waals surface area contributed by atoms with E-state index in [0.717, 1.165) is 45.5 Å². The number of para-hydroxylation sites is 1. The van der Waals surface area contributed by atoms with E-state index in [1.165, 1.54) is 0 Å². The van der Waals surface area contributed by atoms with E-state index in [0.29, 0.717) is 25.6 Å². The quantitative estimate of drug-likeness (QED) is 0.501. The van der Waals surface area contributed by atoms with Gasteiger partial charge in [-0.2, -0.15) is 0 Å². The normalized spacial score (nSPS) is 15.6. The largest absolute Gasteiger partial charge is 0.593 e. The molecule has 0 spiro atoms. The van der Waals surface area contributed by atoms with Gasteiger partial charge in [-0.05, 0) is 29.7 Å². The molecule has 4 aromatic rings. The number of morpholine rings is 1.